The topological polar surface area (TPSA) is 76.2 Å². The van der Waals surface area contributed by atoms with Crippen LogP contribution in [-0.2, 0) is 4.74 Å². The summed E-state index contributed by atoms with van der Waals surface area (Å²) in [6.07, 6.45) is -1.06. The fraction of sp³-hybridized carbons (Fsp3) is 0. The van der Waals surface area contributed by atoms with Crippen molar-refractivity contribution in [2.45, 2.75) is 0 Å². The van der Waals surface area contributed by atoms with E-state index in [0.717, 1.165) is 12.1 Å². The number of ether oxygens (including phenoxy) is 1. The first kappa shape index (κ1) is 9.18. The summed E-state index contributed by atoms with van der Waals surface area (Å²) in [7, 11) is 0. The molecule has 4 nitrogen and oxygen atoms in total. The van der Waals surface area contributed by atoms with E-state index in [4.69, 9.17) is 5.41 Å². The molecule has 3 N–H and O–H groups in total. The van der Waals surface area contributed by atoms with E-state index in [9.17, 15) is 9.18 Å². The van der Waals surface area contributed by atoms with Crippen molar-refractivity contribution in [1.82, 2.24) is 0 Å². The van der Waals surface area contributed by atoms with E-state index in [1.54, 1.807) is 0 Å². The Morgan fingerprint density at radius 3 is 2.38 bits per heavy atom. The molecule has 0 aliphatic carbocycles. The van der Waals surface area contributed by atoms with Crippen molar-refractivity contribution in [3.8, 4) is 0 Å². The van der Waals surface area contributed by atoms with Gasteiger partial charge in [0.15, 0.2) is 0 Å². The molecular formula is C8H7FN2O2. The van der Waals surface area contributed by atoms with Gasteiger partial charge in [0.05, 0.1) is 0 Å². The summed E-state index contributed by atoms with van der Waals surface area (Å²) in [6.45, 7) is 0. The van der Waals surface area contributed by atoms with E-state index in [0.29, 0.717) is 5.56 Å². The average Bonchev–Trinajstić information content (AvgIpc) is 2.04. The molecule has 0 saturated carbocycles. The highest BCUT2D eigenvalue weighted by Gasteiger charge is 2.05. The zero-order valence-electron chi connectivity index (χ0n) is 6.58. The quantitative estimate of drug-likeness (QED) is 0.506. The molecule has 1 aromatic rings. The highest BCUT2D eigenvalue weighted by molar-refractivity contribution is 5.97. The normalized spacial score (nSPS) is 9.31. The van der Waals surface area contributed by atoms with Crippen molar-refractivity contribution in [3.63, 3.8) is 0 Å². The minimum absolute atomic E-state index is 0.292. The van der Waals surface area contributed by atoms with Crippen LogP contribution >= 0.6 is 0 Å². The molecule has 0 atom stereocenters. The van der Waals surface area contributed by atoms with Crippen molar-refractivity contribution >= 4 is 12.0 Å². The zero-order valence-corrected chi connectivity index (χ0v) is 6.58. The van der Waals surface area contributed by atoms with E-state index in [1.807, 2.05) is 0 Å². The van der Waals surface area contributed by atoms with Gasteiger partial charge in [0, 0.05) is 5.56 Å². The second-order valence-electron chi connectivity index (χ2n) is 2.26. The molecule has 0 heterocycles. The molecule has 1 aromatic carbocycles. The second-order valence-corrected chi connectivity index (χ2v) is 2.26. The Labute approximate surface area is 73.6 Å². The third-order valence-corrected chi connectivity index (χ3v) is 1.31. The molecule has 0 aliphatic rings. The average molecular weight is 182 g/mol. The van der Waals surface area contributed by atoms with Gasteiger partial charge in [-0.2, -0.15) is 0 Å². The van der Waals surface area contributed by atoms with Crippen LogP contribution in [0.2, 0.25) is 0 Å². The van der Waals surface area contributed by atoms with E-state index in [2.05, 4.69) is 10.5 Å². The highest BCUT2D eigenvalue weighted by atomic mass is 19.1. The summed E-state index contributed by atoms with van der Waals surface area (Å²) in [5.41, 5.74) is 4.98. The summed E-state index contributed by atoms with van der Waals surface area (Å²) in [4.78, 5) is 10.2. The molecule has 0 spiro atoms. The molecule has 0 aromatic heterocycles. The van der Waals surface area contributed by atoms with Gasteiger partial charge in [0.25, 0.3) is 0 Å². The standard InChI is InChI=1S/C8H7FN2O2/c9-6-3-1-5(2-4-6)7(10)13-8(11)12/h1-4,10H,(H2,11,12). The Hall–Kier alpha value is -1.91. The Kier molecular flexibility index (Phi) is 2.59. The van der Waals surface area contributed by atoms with E-state index in [1.165, 1.54) is 12.1 Å². The van der Waals surface area contributed by atoms with Crippen molar-refractivity contribution in [3.05, 3.63) is 35.6 Å². The minimum atomic E-state index is -1.06. The maximum absolute atomic E-state index is 12.4. The summed E-state index contributed by atoms with van der Waals surface area (Å²) in [5, 5.41) is 7.19. The van der Waals surface area contributed by atoms with Gasteiger partial charge in [-0.25, -0.2) is 9.18 Å². The fourth-order valence-corrected chi connectivity index (χ4v) is 0.761. The Bertz CT molecular complexity index is 335. The van der Waals surface area contributed by atoms with E-state index in [-0.39, 0.29) is 0 Å². The molecule has 1 rings (SSSR count). The maximum Gasteiger partial charge on any atom is 0.411 e. The fourth-order valence-electron chi connectivity index (χ4n) is 0.761. The summed E-state index contributed by atoms with van der Waals surface area (Å²) >= 11 is 0. The maximum atomic E-state index is 12.4. The number of hydrogen-bond acceptors (Lipinski definition) is 3. The lowest BCUT2D eigenvalue weighted by molar-refractivity contribution is 0.208. The minimum Gasteiger partial charge on any atom is -0.391 e. The Morgan fingerprint density at radius 2 is 1.92 bits per heavy atom. The first-order chi connectivity index (χ1) is 6.09. The SMILES string of the molecule is N=C(OC(N)=O)c1ccc(F)cc1. The van der Waals surface area contributed by atoms with E-state index < -0.39 is 17.8 Å². The lowest BCUT2D eigenvalue weighted by atomic mass is 10.2. The van der Waals surface area contributed by atoms with Gasteiger partial charge in [-0.3, -0.25) is 5.41 Å². The number of nitrogens with one attached hydrogen (secondary N) is 1. The number of carbonyl (C=O) groups is 1. The zero-order chi connectivity index (χ0) is 9.84. The number of amides is 1. The number of nitrogens with two attached hydrogens (primary N) is 1. The largest absolute Gasteiger partial charge is 0.411 e. The summed E-state index contributed by atoms with van der Waals surface area (Å²) < 4.78 is 16.7. The molecular weight excluding hydrogens is 175 g/mol. The van der Waals surface area contributed by atoms with Gasteiger partial charge in [-0.05, 0) is 24.3 Å². The van der Waals surface area contributed by atoms with E-state index >= 15 is 0 Å². The number of rotatable bonds is 1. The summed E-state index contributed by atoms with van der Waals surface area (Å²) in [5.74, 6) is -0.817. The number of primary amides is 1. The van der Waals surface area contributed by atoms with Gasteiger partial charge in [-0.15, -0.1) is 0 Å². The summed E-state index contributed by atoms with van der Waals surface area (Å²) in [6, 6.07) is 4.96. The van der Waals surface area contributed by atoms with Crippen molar-refractivity contribution in [1.29, 1.82) is 5.41 Å². The monoisotopic (exact) mass is 182 g/mol. The number of hydrogen-bond donors (Lipinski definition) is 2. The van der Waals surface area contributed by atoms with Crippen LogP contribution in [0.15, 0.2) is 24.3 Å². The predicted molar refractivity (Wildman–Crippen MR) is 43.9 cm³/mol. The van der Waals surface area contributed by atoms with Gasteiger partial charge >= 0.3 is 6.09 Å². The molecule has 0 saturated heterocycles. The molecule has 0 bridgehead atoms. The number of halogens is 1. The van der Waals surface area contributed by atoms with Crippen molar-refractivity contribution in [2.24, 2.45) is 5.73 Å². The van der Waals surface area contributed by atoms with Crippen LogP contribution < -0.4 is 5.73 Å². The molecule has 0 radical (unpaired) electrons. The molecule has 0 aliphatic heterocycles. The lowest BCUT2D eigenvalue weighted by Gasteiger charge is -2.01. The predicted octanol–water partition coefficient (Wildman–Crippen LogP) is 1.25. The third-order valence-electron chi connectivity index (χ3n) is 1.31. The van der Waals surface area contributed by atoms with Crippen LogP contribution in [-0.4, -0.2) is 12.0 Å². The van der Waals surface area contributed by atoms with Gasteiger partial charge in [0.2, 0.25) is 5.90 Å². The van der Waals surface area contributed by atoms with Crippen LogP contribution in [0.5, 0.6) is 0 Å². The molecule has 68 valence electrons. The first-order valence-corrected chi connectivity index (χ1v) is 3.41. The van der Waals surface area contributed by atoms with Gasteiger partial charge in [-0.1, -0.05) is 0 Å². The molecule has 0 fully saturated rings. The van der Waals surface area contributed by atoms with Crippen LogP contribution in [0.4, 0.5) is 9.18 Å². The van der Waals surface area contributed by atoms with Crippen LogP contribution in [0.3, 0.4) is 0 Å². The number of carbonyl (C=O) groups excluding carboxylic acids is 1. The van der Waals surface area contributed by atoms with Crippen LogP contribution in [0, 0.1) is 11.2 Å². The first-order valence-electron chi connectivity index (χ1n) is 3.41. The Morgan fingerprint density at radius 1 is 1.38 bits per heavy atom. The smallest absolute Gasteiger partial charge is 0.391 e. The second kappa shape index (κ2) is 3.66. The molecule has 1 amide bonds. The third kappa shape index (κ3) is 2.55. The molecule has 5 heteroatoms. The van der Waals surface area contributed by atoms with Crippen molar-refractivity contribution < 1.29 is 13.9 Å². The lowest BCUT2D eigenvalue weighted by Crippen LogP contribution is -2.18. The van der Waals surface area contributed by atoms with Crippen LogP contribution in [0.1, 0.15) is 5.56 Å². The molecule has 13 heavy (non-hydrogen) atoms. The van der Waals surface area contributed by atoms with Gasteiger partial charge in [0.1, 0.15) is 5.82 Å². The highest BCUT2D eigenvalue weighted by Crippen LogP contribution is 2.03. The van der Waals surface area contributed by atoms with Crippen molar-refractivity contribution in [2.75, 3.05) is 0 Å². The molecule has 0 unspecified atom stereocenters. The van der Waals surface area contributed by atoms with Gasteiger partial charge < -0.3 is 10.5 Å². The Balaban J connectivity index is 2.78. The number of benzene rings is 1. The van der Waals surface area contributed by atoms with Crippen LogP contribution in [0.25, 0.3) is 0 Å².